The minimum atomic E-state index is -2.51. The van der Waals surface area contributed by atoms with Gasteiger partial charge in [-0.1, -0.05) is 41.7 Å². The first-order valence-electron chi connectivity index (χ1n) is 6.95. The van der Waals surface area contributed by atoms with E-state index in [1.807, 2.05) is 30.3 Å². The maximum Gasteiger partial charge on any atom is 0.248 e. The van der Waals surface area contributed by atoms with Crippen molar-refractivity contribution in [3.05, 3.63) is 45.9 Å². The average Bonchev–Trinajstić information content (AvgIpc) is 2.97. The van der Waals surface area contributed by atoms with Gasteiger partial charge in [0, 0.05) is 18.8 Å². The molecule has 1 fully saturated rings. The second-order valence-corrected chi connectivity index (χ2v) is 6.86. The van der Waals surface area contributed by atoms with Gasteiger partial charge in [-0.3, -0.25) is 0 Å². The van der Waals surface area contributed by atoms with Crippen molar-refractivity contribution in [3.8, 4) is 0 Å². The van der Waals surface area contributed by atoms with E-state index in [0.717, 1.165) is 15.6 Å². The molecule has 1 atom stereocenters. The summed E-state index contributed by atoms with van der Waals surface area (Å²) in [5, 5.41) is 9.56. The summed E-state index contributed by atoms with van der Waals surface area (Å²) >= 11 is 7.86. The van der Waals surface area contributed by atoms with Crippen molar-refractivity contribution in [2.75, 3.05) is 0 Å². The highest BCUT2D eigenvalue weighted by Crippen LogP contribution is 2.42. The Balaban J connectivity index is 1.72. The largest absolute Gasteiger partial charge is 0.248 e. The van der Waals surface area contributed by atoms with Crippen LogP contribution < -0.4 is 0 Å². The molecule has 1 aromatic heterocycles. The van der Waals surface area contributed by atoms with Crippen LogP contribution >= 0.6 is 22.9 Å². The molecule has 3 rings (SSSR count). The van der Waals surface area contributed by atoms with E-state index in [2.05, 4.69) is 10.2 Å². The molecule has 1 aliphatic carbocycles. The summed E-state index contributed by atoms with van der Waals surface area (Å²) in [6, 6.07) is 9.67. The zero-order valence-corrected chi connectivity index (χ0v) is 12.9. The van der Waals surface area contributed by atoms with Crippen molar-refractivity contribution >= 4 is 22.9 Å². The fourth-order valence-electron chi connectivity index (χ4n) is 2.57. The minimum Gasteiger partial charge on any atom is -0.207 e. The van der Waals surface area contributed by atoms with Gasteiger partial charge in [0.05, 0.1) is 0 Å². The molecule has 0 saturated heterocycles. The van der Waals surface area contributed by atoms with E-state index in [-0.39, 0.29) is 24.1 Å². The molecule has 6 heteroatoms. The number of benzene rings is 1. The molecule has 0 bridgehead atoms. The van der Waals surface area contributed by atoms with E-state index >= 15 is 0 Å². The van der Waals surface area contributed by atoms with Crippen molar-refractivity contribution in [2.45, 2.75) is 42.9 Å². The molecule has 1 unspecified atom stereocenters. The topological polar surface area (TPSA) is 25.8 Å². The predicted octanol–water partition coefficient (Wildman–Crippen LogP) is 5.16. The molecule has 0 amide bonds. The Labute approximate surface area is 131 Å². The van der Waals surface area contributed by atoms with E-state index in [1.54, 1.807) is 0 Å². The van der Waals surface area contributed by atoms with E-state index in [0.29, 0.717) is 12.8 Å². The molecule has 0 radical (unpaired) electrons. The van der Waals surface area contributed by atoms with Gasteiger partial charge in [-0.2, -0.15) is 0 Å². The lowest BCUT2D eigenvalue weighted by atomic mass is 9.87. The Bertz CT molecular complexity index is 593. The second kappa shape index (κ2) is 5.97. The normalized spacial score (nSPS) is 20.3. The van der Waals surface area contributed by atoms with Crippen LogP contribution in [0.25, 0.3) is 0 Å². The molecule has 1 heterocycles. The lowest BCUT2D eigenvalue weighted by Gasteiger charge is -2.26. The van der Waals surface area contributed by atoms with Gasteiger partial charge < -0.3 is 0 Å². The Hall–Kier alpha value is -1.07. The number of nitrogens with zero attached hydrogens (tertiary/aromatic N) is 2. The van der Waals surface area contributed by atoms with E-state index in [9.17, 15) is 8.78 Å². The molecule has 1 saturated carbocycles. The Morgan fingerprint density at radius 3 is 2.48 bits per heavy atom. The maximum atomic E-state index is 13.2. The molecule has 1 aromatic carbocycles. The summed E-state index contributed by atoms with van der Waals surface area (Å²) in [7, 11) is 0. The summed E-state index contributed by atoms with van der Waals surface area (Å²) < 4.78 is 26.4. The zero-order chi connectivity index (χ0) is 14.9. The average molecular weight is 329 g/mol. The Morgan fingerprint density at radius 2 is 1.81 bits per heavy atom. The first kappa shape index (κ1) is 14.9. The summed E-state index contributed by atoms with van der Waals surface area (Å²) in [6.45, 7) is 0. The van der Waals surface area contributed by atoms with Gasteiger partial charge in [-0.05, 0) is 18.4 Å². The number of aromatic nitrogens is 2. The Morgan fingerprint density at radius 1 is 1.14 bits per heavy atom. The van der Waals surface area contributed by atoms with Crippen LogP contribution in [0, 0.1) is 0 Å². The van der Waals surface area contributed by atoms with Crippen LogP contribution in [-0.4, -0.2) is 16.1 Å². The van der Waals surface area contributed by atoms with Crippen molar-refractivity contribution in [1.82, 2.24) is 10.2 Å². The van der Waals surface area contributed by atoms with Gasteiger partial charge in [-0.25, -0.2) is 8.78 Å². The van der Waals surface area contributed by atoms with Gasteiger partial charge in [-0.15, -0.1) is 21.8 Å². The van der Waals surface area contributed by atoms with E-state index in [1.165, 1.54) is 11.3 Å². The second-order valence-electron chi connectivity index (χ2n) is 5.38. The zero-order valence-electron chi connectivity index (χ0n) is 11.3. The standard InChI is InChI=1S/C15H15ClF2N2S/c16-12(10-4-2-1-3-5-10)14-20-19-13(21-14)11-6-8-15(17,18)9-7-11/h1-5,11-12H,6-9H2. The summed E-state index contributed by atoms with van der Waals surface area (Å²) in [5.74, 6) is -2.42. The van der Waals surface area contributed by atoms with Crippen molar-refractivity contribution in [3.63, 3.8) is 0 Å². The van der Waals surface area contributed by atoms with Gasteiger partial charge in [0.25, 0.3) is 0 Å². The SMILES string of the molecule is FC1(F)CCC(c2nnc(C(Cl)c3ccccc3)s2)CC1. The third-order valence-corrected chi connectivity index (χ3v) is 5.57. The van der Waals surface area contributed by atoms with E-state index in [4.69, 9.17) is 11.6 Å². The van der Waals surface area contributed by atoms with Crippen LogP contribution in [0.15, 0.2) is 30.3 Å². The highest BCUT2D eigenvalue weighted by molar-refractivity contribution is 7.11. The smallest absolute Gasteiger partial charge is 0.207 e. The van der Waals surface area contributed by atoms with Gasteiger partial charge in [0.2, 0.25) is 5.92 Å². The quantitative estimate of drug-likeness (QED) is 0.727. The number of rotatable bonds is 3. The number of hydrogen-bond donors (Lipinski definition) is 0. The van der Waals surface area contributed by atoms with Crippen LogP contribution in [0.4, 0.5) is 8.78 Å². The van der Waals surface area contributed by atoms with Crippen LogP contribution in [0.3, 0.4) is 0 Å². The highest BCUT2D eigenvalue weighted by atomic mass is 35.5. The van der Waals surface area contributed by atoms with Crippen molar-refractivity contribution < 1.29 is 8.78 Å². The van der Waals surface area contributed by atoms with Gasteiger partial charge >= 0.3 is 0 Å². The van der Waals surface area contributed by atoms with Crippen LogP contribution in [0.1, 0.15) is 52.6 Å². The van der Waals surface area contributed by atoms with Crippen molar-refractivity contribution in [1.29, 1.82) is 0 Å². The first-order valence-corrected chi connectivity index (χ1v) is 8.20. The molecule has 0 aliphatic heterocycles. The lowest BCUT2D eigenvalue weighted by Crippen LogP contribution is -2.23. The molecule has 112 valence electrons. The molecule has 1 aliphatic rings. The summed E-state index contributed by atoms with van der Waals surface area (Å²) in [4.78, 5) is 0. The molecule has 2 nitrogen and oxygen atoms in total. The summed E-state index contributed by atoms with van der Waals surface area (Å²) in [6.07, 6.45) is 0.824. The van der Waals surface area contributed by atoms with Crippen LogP contribution in [0.2, 0.25) is 0 Å². The van der Waals surface area contributed by atoms with Gasteiger partial charge in [0.15, 0.2) is 0 Å². The predicted molar refractivity (Wildman–Crippen MR) is 80.2 cm³/mol. The molecule has 0 N–H and O–H groups in total. The number of alkyl halides is 3. The maximum absolute atomic E-state index is 13.2. The van der Waals surface area contributed by atoms with Crippen LogP contribution in [-0.2, 0) is 0 Å². The van der Waals surface area contributed by atoms with Gasteiger partial charge in [0.1, 0.15) is 15.4 Å². The third-order valence-electron chi connectivity index (χ3n) is 3.83. The van der Waals surface area contributed by atoms with Crippen molar-refractivity contribution in [2.24, 2.45) is 0 Å². The molecule has 2 aromatic rings. The minimum absolute atomic E-state index is 0.0600. The fraction of sp³-hybridized carbons (Fsp3) is 0.467. The third kappa shape index (κ3) is 3.40. The van der Waals surface area contributed by atoms with E-state index < -0.39 is 5.92 Å². The van der Waals surface area contributed by atoms with Crippen LogP contribution in [0.5, 0.6) is 0 Å². The fourth-order valence-corrected chi connectivity index (χ4v) is 3.91. The molecular weight excluding hydrogens is 314 g/mol. The highest BCUT2D eigenvalue weighted by Gasteiger charge is 2.36. The Kier molecular flexibility index (Phi) is 4.22. The lowest BCUT2D eigenvalue weighted by molar-refractivity contribution is -0.0382. The molecule has 21 heavy (non-hydrogen) atoms. The monoisotopic (exact) mass is 328 g/mol. The first-order chi connectivity index (χ1) is 10.1. The summed E-state index contributed by atoms with van der Waals surface area (Å²) in [5.41, 5.74) is 0.969. The number of hydrogen-bond acceptors (Lipinski definition) is 3. The molecule has 0 spiro atoms. The molecular formula is C15H15ClF2N2S. The number of halogens is 3.